The topological polar surface area (TPSA) is 44.0 Å². The molecule has 0 saturated heterocycles. The van der Waals surface area contributed by atoms with Gasteiger partial charge in [0.25, 0.3) is 29.1 Å². The van der Waals surface area contributed by atoms with Gasteiger partial charge in [-0.25, -0.2) is 22.8 Å². The van der Waals surface area contributed by atoms with Gasteiger partial charge in [-0.15, -0.1) is 0 Å². The van der Waals surface area contributed by atoms with Crippen molar-refractivity contribution in [2.75, 3.05) is 0 Å². The number of fused-ring (bicyclic) bond motifs is 5. The third kappa shape index (κ3) is 18.7. The molecule has 0 aliphatic rings. The van der Waals surface area contributed by atoms with Crippen LogP contribution in [0.5, 0.6) is 0 Å². The van der Waals surface area contributed by atoms with Gasteiger partial charge in [0, 0.05) is 0 Å². The number of hydrogen-bond donors (Lipinski definition) is 0. The van der Waals surface area contributed by atoms with E-state index >= 15 is 0 Å². The van der Waals surface area contributed by atoms with E-state index in [9.17, 15) is 0 Å². The summed E-state index contributed by atoms with van der Waals surface area (Å²) in [5, 5.41) is 0. The average Bonchev–Trinajstić information content (AvgIpc) is 1.61. The summed E-state index contributed by atoms with van der Waals surface area (Å²) in [7, 11) is 10.9. The van der Waals surface area contributed by atoms with E-state index in [4.69, 9.17) is 0 Å². The number of hydrogen-bond acceptors (Lipinski definition) is 0. The molecular formula is C131H139N10+5. The monoisotopic (exact) mass is 1850 g/mol. The Balaban J connectivity index is 0.000000122. The molecule has 5 aromatic heterocycles. The summed E-state index contributed by atoms with van der Waals surface area (Å²) in [5.41, 5.74) is 51.2. The van der Waals surface area contributed by atoms with Gasteiger partial charge in [0.2, 0.25) is 0 Å². The lowest BCUT2D eigenvalue weighted by atomic mass is 9.85. The van der Waals surface area contributed by atoms with E-state index in [0.29, 0.717) is 11.8 Å². The highest BCUT2D eigenvalue weighted by Gasteiger charge is 2.36. The average molecular weight is 1850 g/mol. The van der Waals surface area contributed by atoms with Gasteiger partial charge in [-0.05, 0) is 330 Å². The quantitative estimate of drug-likeness (QED) is 0.103. The number of imidazole rings is 5. The van der Waals surface area contributed by atoms with Crippen LogP contribution in [0.2, 0.25) is 0 Å². The van der Waals surface area contributed by atoms with Crippen LogP contribution in [0.3, 0.4) is 0 Å². The Morgan fingerprint density at radius 2 is 0.504 bits per heavy atom. The summed E-state index contributed by atoms with van der Waals surface area (Å²) >= 11 is 0. The van der Waals surface area contributed by atoms with E-state index in [1.165, 1.54) is 252 Å². The fourth-order valence-electron chi connectivity index (χ4n) is 21.4. The van der Waals surface area contributed by atoms with Crippen LogP contribution in [0.15, 0.2) is 340 Å². The molecule has 10 heteroatoms. The first kappa shape index (κ1) is 97.5. The summed E-state index contributed by atoms with van der Waals surface area (Å²) in [6, 6.07) is 123. The third-order valence-electron chi connectivity index (χ3n) is 28.9. The lowest BCUT2D eigenvalue weighted by Crippen LogP contribution is -2.30. The van der Waals surface area contributed by atoms with Crippen molar-refractivity contribution in [3.8, 4) is 96.5 Å². The van der Waals surface area contributed by atoms with Crippen molar-refractivity contribution >= 4 is 55.2 Å². The second kappa shape index (κ2) is 40.4. The van der Waals surface area contributed by atoms with Crippen molar-refractivity contribution in [3.63, 3.8) is 0 Å². The molecule has 0 atom stereocenters. The minimum Gasteiger partial charge on any atom is -0.225 e. The lowest BCUT2D eigenvalue weighted by Gasteiger charge is -2.20. The van der Waals surface area contributed by atoms with Gasteiger partial charge in [0.15, 0.2) is 55.2 Å². The fraction of sp³-hybridized carbons (Fsp3) is 0.229. The van der Waals surface area contributed by atoms with E-state index < -0.39 is 0 Å². The van der Waals surface area contributed by atoms with Crippen molar-refractivity contribution < 1.29 is 22.8 Å². The highest BCUT2D eigenvalue weighted by atomic mass is 15.2. The zero-order valence-electron chi connectivity index (χ0n) is 88.0. The minimum absolute atomic E-state index is 0.108. The lowest BCUT2D eigenvalue weighted by molar-refractivity contribution is -0.634. The van der Waals surface area contributed by atoms with E-state index in [1.807, 2.05) is 0 Å². The van der Waals surface area contributed by atoms with Crippen LogP contribution in [0, 0.1) is 104 Å². The molecule has 0 aliphatic carbocycles. The maximum atomic E-state index is 2.45. The molecule has 0 saturated carbocycles. The molecule has 0 spiro atoms. The Morgan fingerprint density at radius 1 is 0.213 bits per heavy atom. The van der Waals surface area contributed by atoms with Gasteiger partial charge in [-0.1, -0.05) is 291 Å². The molecular weight excluding hydrogens is 1710 g/mol. The first-order chi connectivity index (χ1) is 67.6. The highest BCUT2D eigenvalue weighted by molar-refractivity contribution is 5.87. The van der Waals surface area contributed by atoms with Gasteiger partial charge in [-0.3, -0.25) is 0 Å². The highest BCUT2D eigenvalue weighted by Crippen LogP contribution is 2.42. The minimum atomic E-state index is 0.108. The summed E-state index contributed by atoms with van der Waals surface area (Å²) in [4.78, 5) is 0. The van der Waals surface area contributed by atoms with Gasteiger partial charge in [-0.2, -0.15) is 22.8 Å². The first-order valence-corrected chi connectivity index (χ1v) is 50.0. The van der Waals surface area contributed by atoms with E-state index in [1.54, 1.807) is 0 Å². The molecule has 21 aromatic rings. The number of rotatable bonds is 13. The molecule has 0 fully saturated rings. The maximum Gasteiger partial charge on any atom is 0.295 e. The number of aryl methyl sites for hydroxylation is 20. The fourth-order valence-corrected chi connectivity index (χ4v) is 21.4. The smallest absolute Gasteiger partial charge is 0.225 e. The van der Waals surface area contributed by atoms with Crippen LogP contribution in [0.4, 0.5) is 0 Å². The number of para-hydroxylation sites is 15. The number of aromatic nitrogens is 10. The summed E-state index contributed by atoms with van der Waals surface area (Å²) in [6.07, 6.45) is 0. The van der Waals surface area contributed by atoms with Crippen LogP contribution in [-0.2, 0) is 40.7 Å². The standard InChI is InChI=1S/C29H27N2.C27H31N2.C26H29N2.C25H27N2.C24H25N2/c1-20-17-18-24(23-13-6-5-7-14-23)19-25(20)29-30(4)26-15-8-9-16-27(26)31(29)28-21(2)11-10-12-22(28)3;1-18-15-16-21(27(4,5)6)17-22(18)26-28(7)23-13-8-9-14-24(23)29(26)25-19(2)11-10-12-20(25)3;1-17(2)21-15-14-18(3)22(16-21)26-27(6)23-12-7-8-13-24(23)28(26)25-19(4)10-9-11-20(25)5;1-17(2)21-15-19(4)22(16-18(21)3)25-26(5)23-13-9-10-14-24(23)27(25)20-11-7-6-8-12-20;1-16-13-14-17(2)20(15-16)24-25(5)21-11-6-7-12-22(21)26(24)23-18(3)9-8-10-19(23)4/h5-19H,1-4H3;8-17H,1-7H3;7-17H,1-6H3;6-17H,1-5H3;6-15H,1-5H3/q5*+1. The number of nitrogens with zero attached hydrogens (tertiary/aromatic N) is 10. The molecule has 21 rings (SSSR count). The second-order valence-corrected chi connectivity index (χ2v) is 40.7. The molecule has 0 bridgehead atoms. The second-order valence-electron chi connectivity index (χ2n) is 40.7. The van der Waals surface area contributed by atoms with E-state index in [-0.39, 0.29) is 5.41 Å². The summed E-state index contributed by atoms with van der Waals surface area (Å²) < 4.78 is 23.8. The third-order valence-corrected chi connectivity index (χ3v) is 28.9. The molecule has 0 N–H and O–H groups in total. The van der Waals surface area contributed by atoms with Crippen molar-refractivity contribution in [2.45, 2.75) is 170 Å². The predicted molar refractivity (Wildman–Crippen MR) is 593 cm³/mol. The van der Waals surface area contributed by atoms with Crippen LogP contribution < -0.4 is 22.8 Å². The summed E-state index contributed by atoms with van der Waals surface area (Å²) in [6.45, 7) is 49.0. The van der Waals surface area contributed by atoms with Crippen molar-refractivity contribution in [2.24, 2.45) is 35.2 Å². The summed E-state index contributed by atoms with van der Waals surface area (Å²) in [5.74, 6) is 7.15. The Hall–Kier alpha value is -15.1. The number of benzene rings is 16. The van der Waals surface area contributed by atoms with Crippen LogP contribution in [0.1, 0.15) is 160 Å². The molecule has 0 aliphatic heterocycles. The first-order valence-electron chi connectivity index (χ1n) is 50.0. The molecule has 141 heavy (non-hydrogen) atoms. The van der Waals surface area contributed by atoms with Crippen molar-refractivity contribution in [3.05, 3.63) is 440 Å². The predicted octanol–water partition coefficient (Wildman–Crippen LogP) is 30.4. The van der Waals surface area contributed by atoms with Crippen molar-refractivity contribution in [1.82, 2.24) is 22.8 Å². The Morgan fingerprint density at radius 3 is 0.858 bits per heavy atom. The molecule has 708 valence electrons. The van der Waals surface area contributed by atoms with Crippen LogP contribution in [-0.4, -0.2) is 22.8 Å². The van der Waals surface area contributed by atoms with Gasteiger partial charge in [0.1, 0.15) is 28.4 Å². The molecule has 0 unspecified atom stereocenters. The largest absolute Gasteiger partial charge is 0.295 e. The van der Waals surface area contributed by atoms with Crippen LogP contribution in [0.25, 0.3) is 152 Å². The molecule has 16 aromatic carbocycles. The molecule has 10 nitrogen and oxygen atoms in total. The van der Waals surface area contributed by atoms with Crippen LogP contribution >= 0.6 is 0 Å². The van der Waals surface area contributed by atoms with E-state index in [0.717, 1.165) is 0 Å². The Bertz CT molecular complexity index is 8230. The molecule has 0 amide bonds. The van der Waals surface area contributed by atoms with Crippen molar-refractivity contribution in [1.29, 1.82) is 0 Å². The van der Waals surface area contributed by atoms with E-state index in [2.05, 4.69) is 573 Å². The van der Waals surface area contributed by atoms with Gasteiger partial charge < -0.3 is 0 Å². The zero-order chi connectivity index (χ0) is 100. The normalized spacial score (nSPS) is 11.5. The maximum absolute atomic E-state index is 2.45. The molecule has 5 heterocycles. The molecule has 0 radical (unpaired) electrons. The Labute approximate surface area is 836 Å². The van der Waals surface area contributed by atoms with Gasteiger partial charge >= 0.3 is 0 Å². The SMILES string of the molecule is Cc1cc(C(C)C)c(C)cc1-c1n(-c2ccccc2)c2ccccc2[n+]1C.Cc1ccc(-c2ccccc2)cc1-c1n(-c2c(C)cccc2C)c2ccccc2[n+]1C.Cc1ccc(C(C)(C)C)cc1-c1n(-c2c(C)cccc2C)c2ccccc2[n+]1C.Cc1ccc(C(C)C)cc1-c1n(-c2c(C)cccc2C)c2ccccc2[n+]1C.Cc1ccc(C)c(-c2n(-c3c(C)cccc3C)c3ccccc3[n+]2C)c1. The van der Waals surface area contributed by atoms with Gasteiger partial charge in [0.05, 0.1) is 63.1 Å². The zero-order valence-corrected chi connectivity index (χ0v) is 88.0. The Kier molecular flexibility index (Phi) is 27.9.